The number of hydrogen-bond donors (Lipinski definition) is 1. The van der Waals surface area contributed by atoms with Gasteiger partial charge >= 0.3 is 0 Å². The van der Waals surface area contributed by atoms with E-state index in [1.165, 1.54) is 0 Å². The van der Waals surface area contributed by atoms with Crippen LogP contribution in [-0.4, -0.2) is 29.6 Å². The maximum atomic E-state index is 12.2. The molecule has 0 aliphatic carbocycles. The van der Waals surface area contributed by atoms with Gasteiger partial charge in [0, 0.05) is 6.54 Å². The molecule has 1 N–H and O–H groups in total. The molecule has 94 valence electrons. The lowest BCUT2D eigenvalue weighted by Crippen LogP contribution is -2.37. The molecule has 1 aliphatic rings. The Morgan fingerprint density at radius 3 is 2.50 bits per heavy atom. The van der Waals surface area contributed by atoms with Crippen LogP contribution in [0.3, 0.4) is 0 Å². The molecule has 1 rings (SSSR count). The summed E-state index contributed by atoms with van der Waals surface area (Å²) in [5, 5.41) is 3.48. The molecule has 1 amide bonds. The van der Waals surface area contributed by atoms with Gasteiger partial charge in [-0.15, -0.1) is 0 Å². The zero-order valence-electron chi connectivity index (χ0n) is 11.1. The number of nitrogens with one attached hydrogen (secondary N) is 1. The average molecular weight is 226 g/mol. The molecule has 3 nitrogen and oxygen atoms in total. The zero-order chi connectivity index (χ0) is 12.1. The van der Waals surface area contributed by atoms with Crippen molar-refractivity contribution < 1.29 is 4.79 Å². The first kappa shape index (κ1) is 13.5. The van der Waals surface area contributed by atoms with E-state index < -0.39 is 0 Å². The number of amides is 1. The van der Waals surface area contributed by atoms with E-state index in [4.69, 9.17) is 0 Å². The lowest BCUT2D eigenvalue weighted by atomic mass is 10.0. The molecule has 2 atom stereocenters. The molecule has 16 heavy (non-hydrogen) atoms. The molecular formula is C13H26N2O. The Kier molecular flexibility index (Phi) is 5.26. The number of nitrogens with zero attached hydrogens (tertiary/aromatic N) is 1. The summed E-state index contributed by atoms with van der Waals surface area (Å²) in [5.41, 5.74) is 0. The Morgan fingerprint density at radius 1 is 1.31 bits per heavy atom. The largest absolute Gasteiger partial charge is 0.326 e. The highest BCUT2D eigenvalue weighted by molar-refractivity contribution is 5.84. The smallest absolute Gasteiger partial charge is 0.241 e. The molecule has 0 saturated carbocycles. The van der Waals surface area contributed by atoms with E-state index in [-0.39, 0.29) is 12.2 Å². The Labute approximate surface area is 99.6 Å². The van der Waals surface area contributed by atoms with E-state index in [1.54, 1.807) is 0 Å². The molecule has 0 radical (unpaired) electrons. The van der Waals surface area contributed by atoms with Crippen LogP contribution >= 0.6 is 0 Å². The highest BCUT2D eigenvalue weighted by Crippen LogP contribution is 2.19. The van der Waals surface area contributed by atoms with Crippen LogP contribution in [-0.2, 0) is 4.79 Å². The van der Waals surface area contributed by atoms with E-state index >= 15 is 0 Å². The molecule has 1 fully saturated rings. The van der Waals surface area contributed by atoms with E-state index in [9.17, 15) is 4.79 Å². The first-order valence-electron chi connectivity index (χ1n) is 6.66. The fourth-order valence-electron chi connectivity index (χ4n) is 2.41. The lowest BCUT2D eigenvalue weighted by molar-refractivity contribution is -0.130. The van der Waals surface area contributed by atoms with Gasteiger partial charge in [-0.05, 0) is 25.2 Å². The van der Waals surface area contributed by atoms with Gasteiger partial charge in [0.05, 0.1) is 12.2 Å². The van der Waals surface area contributed by atoms with Crippen molar-refractivity contribution in [3.05, 3.63) is 0 Å². The maximum absolute atomic E-state index is 12.2. The van der Waals surface area contributed by atoms with Gasteiger partial charge in [-0.2, -0.15) is 0 Å². The summed E-state index contributed by atoms with van der Waals surface area (Å²) in [7, 11) is 0. The first-order chi connectivity index (χ1) is 7.60. The van der Waals surface area contributed by atoms with E-state index in [2.05, 4.69) is 33.0 Å². The summed E-state index contributed by atoms with van der Waals surface area (Å²) in [6, 6.07) is 0.0584. The monoisotopic (exact) mass is 226 g/mol. The Balaban J connectivity index is 2.62. The fourth-order valence-corrected chi connectivity index (χ4v) is 2.41. The third kappa shape index (κ3) is 3.21. The van der Waals surface area contributed by atoms with Crippen molar-refractivity contribution in [2.24, 2.45) is 5.92 Å². The van der Waals surface area contributed by atoms with Crippen molar-refractivity contribution in [2.45, 2.75) is 65.6 Å². The molecule has 0 aromatic heterocycles. The molecule has 0 spiro atoms. The molecule has 1 heterocycles. The highest BCUT2D eigenvalue weighted by Gasteiger charge is 2.37. The quantitative estimate of drug-likeness (QED) is 0.754. The van der Waals surface area contributed by atoms with Crippen LogP contribution in [0.1, 0.15) is 53.4 Å². The maximum Gasteiger partial charge on any atom is 0.241 e. The van der Waals surface area contributed by atoms with Crippen LogP contribution in [0.5, 0.6) is 0 Å². The number of rotatable bonds is 6. The van der Waals surface area contributed by atoms with Crippen LogP contribution in [0.25, 0.3) is 0 Å². The predicted octanol–water partition coefficient (Wildman–Crippen LogP) is 2.37. The van der Waals surface area contributed by atoms with Crippen molar-refractivity contribution in [3.63, 3.8) is 0 Å². The molecular weight excluding hydrogens is 200 g/mol. The van der Waals surface area contributed by atoms with E-state index in [1.807, 2.05) is 4.90 Å². The third-order valence-corrected chi connectivity index (χ3v) is 3.08. The van der Waals surface area contributed by atoms with Crippen molar-refractivity contribution in [3.8, 4) is 0 Å². The minimum Gasteiger partial charge on any atom is -0.326 e. The minimum atomic E-state index is 0.0584. The van der Waals surface area contributed by atoms with Crippen LogP contribution < -0.4 is 5.32 Å². The summed E-state index contributed by atoms with van der Waals surface area (Å²) in [6.45, 7) is 9.54. The fraction of sp³-hybridized carbons (Fsp3) is 0.923. The molecule has 1 aliphatic heterocycles. The van der Waals surface area contributed by atoms with Gasteiger partial charge in [-0.1, -0.05) is 34.1 Å². The summed E-state index contributed by atoms with van der Waals surface area (Å²) in [6.07, 6.45) is 4.47. The van der Waals surface area contributed by atoms with Crippen molar-refractivity contribution in [2.75, 3.05) is 6.54 Å². The zero-order valence-corrected chi connectivity index (χ0v) is 11.1. The summed E-state index contributed by atoms with van der Waals surface area (Å²) < 4.78 is 0. The number of carbonyl (C=O) groups is 1. The first-order valence-corrected chi connectivity index (χ1v) is 6.66. The minimum absolute atomic E-state index is 0.0584. The van der Waals surface area contributed by atoms with Crippen LogP contribution in [0, 0.1) is 5.92 Å². The van der Waals surface area contributed by atoms with E-state index in [0.717, 1.165) is 32.2 Å². The second-order valence-corrected chi connectivity index (χ2v) is 5.18. The van der Waals surface area contributed by atoms with Gasteiger partial charge in [0.15, 0.2) is 0 Å². The number of hydrogen-bond acceptors (Lipinski definition) is 2. The summed E-state index contributed by atoms with van der Waals surface area (Å²) >= 11 is 0. The molecule has 0 bridgehead atoms. The normalized spacial score (nSPS) is 25.8. The topological polar surface area (TPSA) is 32.3 Å². The predicted molar refractivity (Wildman–Crippen MR) is 67.1 cm³/mol. The van der Waals surface area contributed by atoms with Crippen molar-refractivity contribution in [1.29, 1.82) is 0 Å². The highest BCUT2D eigenvalue weighted by atomic mass is 16.2. The van der Waals surface area contributed by atoms with Gasteiger partial charge in [0.1, 0.15) is 0 Å². The van der Waals surface area contributed by atoms with Gasteiger partial charge in [-0.3, -0.25) is 10.1 Å². The van der Waals surface area contributed by atoms with Gasteiger partial charge in [0.2, 0.25) is 5.91 Å². The number of carbonyl (C=O) groups excluding carboxylic acids is 1. The molecule has 2 unspecified atom stereocenters. The Hall–Kier alpha value is -0.570. The van der Waals surface area contributed by atoms with Crippen LogP contribution in [0.4, 0.5) is 0 Å². The van der Waals surface area contributed by atoms with Crippen molar-refractivity contribution >= 4 is 5.91 Å². The SMILES string of the molecule is CCCC1NC(CC(C)C)C(=O)N1CCC. The molecule has 0 aromatic carbocycles. The lowest BCUT2D eigenvalue weighted by Gasteiger charge is -2.23. The summed E-state index contributed by atoms with van der Waals surface area (Å²) in [5.74, 6) is 0.888. The van der Waals surface area contributed by atoms with Gasteiger partial charge < -0.3 is 4.90 Å². The van der Waals surface area contributed by atoms with E-state index in [0.29, 0.717) is 11.8 Å². The molecule has 1 saturated heterocycles. The molecule has 3 heteroatoms. The van der Waals surface area contributed by atoms with Crippen LogP contribution in [0.15, 0.2) is 0 Å². The van der Waals surface area contributed by atoms with Crippen LogP contribution in [0.2, 0.25) is 0 Å². The average Bonchev–Trinajstić information content (AvgIpc) is 2.47. The molecule has 0 aromatic rings. The Morgan fingerprint density at radius 2 is 2.00 bits per heavy atom. The summed E-state index contributed by atoms with van der Waals surface area (Å²) in [4.78, 5) is 14.2. The van der Waals surface area contributed by atoms with Gasteiger partial charge in [0.25, 0.3) is 0 Å². The second kappa shape index (κ2) is 6.24. The standard InChI is InChI=1S/C13H26N2O/c1-5-7-12-14-11(9-10(3)4)13(16)15(12)8-6-2/h10-12,14H,5-9H2,1-4H3. The second-order valence-electron chi connectivity index (χ2n) is 5.18. The van der Waals surface area contributed by atoms with Gasteiger partial charge in [-0.25, -0.2) is 0 Å². The van der Waals surface area contributed by atoms with Crippen molar-refractivity contribution in [1.82, 2.24) is 10.2 Å². The Bertz CT molecular complexity index is 228. The third-order valence-electron chi connectivity index (χ3n) is 3.08.